The average Bonchev–Trinajstić information content (AvgIpc) is 2.58. The largest absolute Gasteiger partial charge is 0.329 e. The monoisotopic (exact) mass is 179 g/mol. The van der Waals surface area contributed by atoms with Gasteiger partial charge in [-0.3, -0.25) is 9.20 Å². The van der Waals surface area contributed by atoms with E-state index < -0.39 is 0 Å². The molecule has 2 heterocycles. The Hall–Kier alpha value is -1.69. The van der Waals surface area contributed by atoms with E-state index >= 15 is 0 Å². The lowest BCUT2D eigenvalue weighted by molar-refractivity contribution is 0.676. The molecule has 0 fully saturated rings. The third-order valence-corrected chi connectivity index (χ3v) is 1.80. The van der Waals surface area contributed by atoms with Crippen molar-refractivity contribution in [3.05, 3.63) is 29.1 Å². The number of hydrogen-bond donors (Lipinski definition) is 1. The molecule has 13 heavy (non-hydrogen) atoms. The van der Waals surface area contributed by atoms with Gasteiger partial charge in [0.1, 0.15) is 6.33 Å². The summed E-state index contributed by atoms with van der Waals surface area (Å²) in [5.74, 6) is 0. The number of aromatic nitrogens is 4. The Morgan fingerprint density at radius 1 is 1.46 bits per heavy atom. The molecule has 0 saturated carbocycles. The Morgan fingerprint density at radius 3 is 3.08 bits per heavy atom. The molecule has 2 aromatic rings. The molecular weight excluding hydrogens is 170 g/mol. The Balaban J connectivity index is 2.67. The van der Waals surface area contributed by atoms with Crippen molar-refractivity contribution in [2.75, 3.05) is 6.54 Å². The van der Waals surface area contributed by atoms with Crippen molar-refractivity contribution in [1.82, 2.24) is 19.2 Å². The van der Waals surface area contributed by atoms with Gasteiger partial charge in [-0.05, 0) is 0 Å². The zero-order valence-electron chi connectivity index (χ0n) is 6.92. The third-order valence-electron chi connectivity index (χ3n) is 1.80. The van der Waals surface area contributed by atoms with Crippen LogP contribution in [0, 0.1) is 0 Å². The van der Waals surface area contributed by atoms with Crippen LogP contribution in [0.5, 0.6) is 0 Å². The van der Waals surface area contributed by atoms with E-state index in [1.165, 1.54) is 10.9 Å². The predicted octanol–water partition coefficient (Wildman–Crippen LogP) is -1.15. The van der Waals surface area contributed by atoms with Crippen molar-refractivity contribution in [2.24, 2.45) is 5.73 Å². The lowest BCUT2D eigenvalue weighted by atomic mass is 10.5. The lowest BCUT2D eigenvalue weighted by Crippen LogP contribution is -2.24. The van der Waals surface area contributed by atoms with Crippen LogP contribution < -0.4 is 11.3 Å². The molecule has 0 aromatic carbocycles. The van der Waals surface area contributed by atoms with Gasteiger partial charge < -0.3 is 10.3 Å². The van der Waals surface area contributed by atoms with Crippen LogP contribution in [0.2, 0.25) is 0 Å². The highest BCUT2D eigenvalue weighted by atomic mass is 16.1. The van der Waals surface area contributed by atoms with E-state index in [1.807, 2.05) is 0 Å². The van der Waals surface area contributed by atoms with Crippen LogP contribution in [0.15, 0.2) is 23.5 Å². The molecular formula is C7H9N5O. The number of rotatable bonds is 2. The highest BCUT2D eigenvalue weighted by Crippen LogP contribution is 1.89. The number of fused-ring (bicyclic) bond motifs is 1. The first-order valence-corrected chi connectivity index (χ1v) is 3.92. The fourth-order valence-electron chi connectivity index (χ4n) is 1.17. The maximum Gasteiger partial charge on any atom is 0.296 e. The molecule has 0 aliphatic carbocycles. The van der Waals surface area contributed by atoms with E-state index in [9.17, 15) is 4.79 Å². The average molecular weight is 179 g/mol. The first-order chi connectivity index (χ1) is 6.33. The second-order valence-electron chi connectivity index (χ2n) is 2.65. The first-order valence-electron chi connectivity index (χ1n) is 3.92. The van der Waals surface area contributed by atoms with Crippen molar-refractivity contribution < 1.29 is 0 Å². The van der Waals surface area contributed by atoms with Crippen LogP contribution in [0.4, 0.5) is 0 Å². The molecule has 0 aliphatic heterocycles. The minimum Gasteiger partial charge on any atom is -0.329 e. The molecule has 0 amide bonds. The second kappa shape index (κ2) is 2.98. The van der Waals surface area contributed by atoms with Crippen LogP contribution in [0.3, 0.4) is 0 Å². The molecule has 0 radical (unpaired) electrons. The second-order valence-corrected chi connectivity index (χ2v) is 2.65. The smallest absolute Gasteiger partial charge is 0.296 e. The van der Waals surface area contributed by atoms with Crippen LogP contribution in [0.1, 0.15) is 0 Å². The van der Waals surface area contributed by atoms with Gasteiger partial charge in [0.15, 0.2) is 0 Å². The highest BCUT2D eigenvalue weighted by Gasteiger charge is 2.02. The summed E-state index contributed by atoms with van der Waals surface area (Å²) in [6, 6.07) is 0. The van der Waals surface area contributed by atoms with Crippen LogP contribution in [0.25, 0.3) is 5.65 Å². The number of nitrogens with two attached hydrogens (primary N) is 1. The molecule has 6 heteroatoms. The molecule has 0 aliphatic rings. The van der Waals surface area contributed by atoms with Gasteiger partial charge in [-0.25, -0.2) is 0 Å². The minimum absolute atomic E-state index is 0.162. The zero-order chi connectivity index (χ0) is 9.26. The zero-order valence-corrected chi connectivity index (χ0v) is 6.92. The standard InChI is InChI=1S/C7H9N5O/c8-1-2-11-3-4-12-5-9-10-6(12)7(11)13/h3-5H,1-2,8H2. The normalized spacial score (nSPS) is 10.8. The van der Waals surface area contributed by atoms with E-state index in [0.29, 0.717) is 18.7 Å². The van der Waals surface area contributed by atoms with E-state index in [-0.39, 0.29) is 5.56 Å². The maximum absolute atomic E-state index is 11.6. The Bertz CT molecular complexity index is 471. The van der Waals surface area contributed by atoms with Crippen LogP contribution in [-0.2, 0) is 6.54 Å². The summed E-state index contributed by atoms with van der Waals surface area (Å²) in [5, 5.41) is 7.33. The van der Waals surface area contributed by atoms with E-state index in [0.717, 1.165) is 0 Å². The molecule has 0 spiro atoms. The van der Waals surface area contributed by atoms with Gasteiger partial charge in [-0.15, -0.1) is 10.2 Å². The molecule has 0 saturated heterocycles. The Labute approximate surface area is 73.6 Å². The van der Waals surface area contributed by atoms with Gasteiger partial charge in [0.2, 0.25) is 5.65 Å². The summed E-state index contributed by atoms with van der Waals surface area (Å²) in [6.07, 6.45) is 4.89. The van der Waals surface area contributed by atoms with Crippen molar-refractivity contribution in [3.63, 3.8) is 0 Å². The summed E-state index contributed by atoms with van der Waals surface area (Å²) in [7, 11) is 0. The van der Waals surface area contributed by atoms with Gasteiger partial charge in [-0.1, -0.05) is 0 Å². The number of nitrogens with zero attached hydrogens (tertiary/aromatic N) is 4. The van der Waals surface area contributed by atoms with Gasteiger partial charge in [-0.2, -0.15) is 0 Å². The van der Waals surface area contributed by atoms with E-state index in [1.54, 1.807) is 16.8 Å². The fourth-order valence-corrected chi connectivity index (χ4v) is 1.17. The lowest BCUT2D eigenvalue weighted by Gasteiger charge is -2.01. The molecule has 2 rings (SSSR count). The van der Waals surface area contributed by atoms with E-state index in [4.69, 9.17) is 5.73 Å². The third kappa shape index (κ3) is 1.20. The number of hydrogen-bond acceptors (Lipinski definition) is 4. The van der Waals surface area contributed by atoms with Gasteiger partial charge >= 0.3 is 0 Å². The maximum atomic E-state index is 11.6. The Kier molecular flexibility index (Phi) is 1.82. The van der Waals surface area contributed by atoms with Crippen molar-refractivity contribution in [2.45, 2.75) is 6.54 Å². The van der Waals surface area contributed by atoms with Crippen LogP contribution in [-0.4, -0.2) is 25.7 Å². The minimum atomic E-state index is -0.162. The summed E-state index contributed by atoms with van der Waals surface area (Å²) in [4.78, 5) is 11.6. The quantitative estimate of drug-likeness (QED) is 0.631. The molecule has 6 nitrogen and oxygen atoms in total. The predicted molar refractivity (Wildman–Crippen MR) is 46.3 cm³/mol. The van der Waals surface area contributed by atoms with Crippen molar-refractivity contribution in [1.29, 1.82) is 0 Å². The molecule has 0 unspecified atom stereocenters. The van der Waals surface area contributed by atoms with Crippen LogP contribution >= 0.6 is 0 Å². The Morgan fingerprint density at radius 2 is 2.31 bits per heavy atom. The molecule has 0 atom stereocenters. The molecule has 0 bridgehead atoms. The fraction of sp³-hybridized carbons (Fsp3) is 0.286. The topological polar surface area (TPSA) is 78.2 Å². The van der Waals surface area contributed by atoms with Gasteiger partial charge in [0, 0.05) is 25.5 Å². The van der Waals surface area contributed by atoms with Gasteiger partial charge in [0.05, 0.1) is 0 Å². The summed E-state index contributed by atoms with van der Waals surface area (Å²) in [5.41, 5.74) is 5.51. The van der Waals surface area contributed by atoms with Gasteiger partial charge in [0.25, 0.3) is 5.56 Å². The summed E-state index contributed by atoms with van der Waals surface area (Å²) in [6.45, 7) is 0.937. The molecule has 2 aromatic heterocycles. The highest BCUT2D eigenvalue weighted by molar-refractivity contribution is 5.32. The SMILES string of the molecule is NCCn1ccn2cnnc2c1=O. The van der Waals surface area contributed by atoms with E-state index in [2.05, 4.69) is 10.2 Å². The van der Waals surface area contributed by atoms with Crippen molar-refractivity contribution in [3.8, 4) is 0 Å². The molecule has 2 N–H and O–H groups in total. The summed E-state index contributed by atoms with van der Waals surface area (Å²) >= 11 is 0. The van der Waals surface area contributed by atoms with Crippen molar-refractivity contribution >= 4 is 5.65 Å². The first kappa shape index (κ1) is 7.93. The molecule has 68 valence electrons. The summed E-state index contributed by atoms with van der Waals surface area (Å²) < 4.78 is 3.10.